The summed E-state index contributed by atoms with van der Waals surface area (Å²) in [4.78, 5) is 2.41. The molecular formula is C14H13N. The lowest BCUT2D eigenvalue weighted by Gasteiger charge is -2.04. The minimum Gasteiger partial charge on any atom is -0.360 e. The Morgan fingerprint density at radius 2 is 1.40 bits per heavy atom. The van der Waals surface area contributed by atoms with Gasteiger partial charge in [0.05, 0.1) is 6.04 Å². The van der Waals surface area contributed by atoms with Gasteiger partial charge in [0.15, 0.2) is 0 Å². The van der Waals surface area contributed by atoms with Crippen LogP contribution < -0.4 is 4.90 Å². The van der Waals surface area contributed by atoms with Gasteiger partial charge >= 0.3 is 0 Å². The molecule has 1 saturated heterocycles. The monoisotopic (exact) mass is 195 g/mol. The third-order valence-corrected chi connectivity index (χ3v) is 2.88. The van der Waals surface area contributed by atoms with E-state index < -0.39 is 0 Å². The van der Waals surface area contributed by atoms with Crippen molar-refractivity contribution in [2.45, 2.75) is 6.04 Å². The molecule has 0 radical (unpaired) electrons. The van der Waals surface area contributed by atoms with Gasteiger partial charge in [0.25, 0.3) is 0 Å². The normalized spacial score (nSPS) is 18.9. The lowest BCUT2D eigenvalue weighted by Crippen LogP contribution is -1.93. The summed E-state index contributed by atoms with van der Waals surface area (Å²) in [5.41, 5.74) is 2.74. The zero-order valence-corrected chi connectivity index (χ0v) is 8.51. The molecule has 0 bridgehead atoms. The molecule has 0 saturated carbocycles. The molecule has 3 rings (SSSR count). The van der Waals surface area contributed by atoms with Crippen molar-refractivity contribution in [1.82, 2.24) is 0 Å². The maximum atomic E-state index is 2.41. The lowest BCUT2D eigenvalue weighted by atomic mass is 10.2. The van der Waals surface area contributed by atoms with Crippen molar-refractivity contribution in [1.29, 1.82) is 0 Å². The molecule has 1 fully saturated rings. The first kappa shape index (κ1) is 8.54. The van der Waals surface area contributed by atoms with Gasteiger partial charge in [-0.2, -0.15) is 0 Å². The van der Waals surface area contributed by atoms with Gasteiger partial charge in [-0.05, 0) is 17.7 Å². The Morgan fingerprint density at radius 1 is 0.800 bits per heavy atom. The number of rotatable bonds is 2. The van der Waals surface area contributed by atoms with E-state index in [9.17, 15) is 0 Å². The fourth-order valence-corrected chi connectivity index (χ4v) is 2.00. The molecule has 15 heavy (non-hydrogen) atoms. The summed E-state index contributed by atoms with van der Waals surface area (Å²) in [6.45, 7) is 1.15. The highest BCUT2D eigenvalue weighted by molar-refractivity contribution is 5.56. The Bertz CT molecular complexity index is 392. The van der Waals surface area contributed by atoms with Crippen LogP contribution in [0.5, 0.6) is 0 Å². The predicted octanol–water partition coefficient (Wildman–Crippen LogP) is 3.25. The zero-order chi connectivity index (χ0) is 10.1. The maximum Gasteiger partial charge on any atom is 0.0718 e. The smallest absolute Gasteiger partial charge is 0.0718 e. The molecule has 1 heteroatoms. The van der Waals surface area contributed by atoms with Crippen molar-refractivity contribution in [3.63, 3.8) is 0 Å². The summed E-state index contributed by atoms with van der Waals surface area (Å²) in [6.07, 6.45) is 0. The number of hydrogen-bond donors (Lipinski definition) is 0. The number of nitrogens with zero attached hydrogens (tertiary/aromatic N) is 1. The van der Waals surface area contributed by atoms with Crippen LogP contribution in [-0.2, 0) is 0 Å². The van der Waals surface area contributed by atoms with Crippen molar-refractivity contribution in [3.8, 4) is 0 Å². The molecule has 1 aliphatic heterocycles. The van der Waals surface area contributed by atoms with Gasteiger partial charge in [-0.3, -0.25) is 0 Å². The van der Waals surface area contributed by atoms with Crippen LogP contribution in [0.4, 0.5) is 5.69 Å². The Labute approximate surface area is 90.0 Å². The van der Waals surface area contributed by atoms with Crippen molar-refractivity contribution in [2.75, 3.05) is 11.4 Å². The van der Waals surface area contributed by atoms with Crippen molar-refractivity contribution < 1.29 is 0 Å². The van der Waals surface area contributed by atoms with Crippen LogP contribution in [-0.4, -0.2) is 6.54 Å². The number of para-hydroxylation sites is 1. The summed E-state index contributed by atoms with van der Waals surface area (Å²) < 4.78 is 0. The van der Waals surface area contributed by atoms with Crippen LogP contribution in [0, 0.1) is 0 Å². The first-order valence-electron chi connectivity index (χ1n) is 5.32. The van der Waals surface area contributed by atoms with Gasteiger partial charge in [0.1, 0.15) is 0 Å². The first-order chi connectivity index (χ1) is 7.45. The standard InChI is InChI=1S/C14H13N/c1-3-7-12(8-4-1)14-11-15(14)13-9-5-2-6-10-13/h1-10,14H,11H2/t14-,15?/m0/s1. The molecule has 1 atom stereocenters. The molecule has 0 amide bonds. The Morgan fingerprint density at radius 3 is 2.07 bits per heavy atom. The molecule has 1 heterocycles. The molecule has 2 aromatic rings. The fourth-order valence-electron chi connectivity index (χ4n) is 2.00. The average molecular weight is 195 g/mol. The Kier molecular flexibility index (Phi) is 1.95. The summed E-state index contributed by atoms with van der Waals surface area (Å²) in [7, 11) is 0. The van der Waals surface area contributed by atoms with E-state index in [0.717, 1.165) is 6.54 Å². The van der Waals surface area contributed by atoms with Crippen LogP contribution >= 0.6 is 0 Å². The molecule has 0 aliphatic carbocycles. The third kappa shape index (κ3) is 1.61. The van der Waals surface area contributed by atoms with Crippen LogP contribution in [0.3, 0.4) is 0 Å². The van der Waals surface area contributed by atoms with Gasteiger partial charge in [-0.1, -0.05) is 48.5 Å². The highest BCUT2D eigenvalue weighted by Gasteiger charge is 2.34. The largest absolute Gasteiger partial charge is 0.360 e. The van der Waals surface area contributed by atoms with E-state index in [2.05, 4.69) is 65.6 Å². The second-order valence-electron chi connectivity index (χ2n) is 3.91. The van der Waals surface area contributed by atoms with Gasteiger partial charge in [0.2, 0.25) is 0 Å². The molecular weight excluding hydrogens is 182 g/mol. The van der Waals surface area contributed by atoms with Crippen LogP contribution in [0.2, 0.25) is 0 Å². The van der Waals surface area contributed by atoms with E-state index in [1.807, 2.05) is 0 Å². The van der Waals surface area contributed by atoms with E-state index in [1.165, 1.54) is 11.3 Å². The number of benzene rings is 2. The predicted molar refractivity (Wildman–Crippen MR) is 63.0 cm³/mol. The Balaban J connectivity index is 1.81. The van der Waals surface area contributed by atoms with Crippen LogP contribution in [0.15, 0.2) is 60.7 Å². The molecule has 1 aliphatic rings. The second kappa shape index (κ2) is 3.43. The van der Waals surface area contributed by atoms with E-state index in [1.54, 1.807) is 0 Å². The Hall–Kier alpha value is -1.76. The topological polar surface area (TPSA) is 3.01 Å². The van der Waals surface area contributed by atoms with E-state index in [-0.39, 0.29) is 0 Å². The van der Waals surface area contributed by atoms with Gasteiger partial charge in [0, 0.05) is 12.2 Å². The molecule has 0 unspecified atom stereocenters. The van der Waals surface area contributed by atoms with Crippen molar-refractivity contribution in [2.24, 2.45) is 0 Å². The molecule has 0 N–H and O–H groups in total. The van der Waals surface area contributed by atoms with Crippen molar-refractivity contribution in [3.05, 3.63) is 66.2 Å². The molecule has 1 nitrogen and oxygen atoms in total. The average Bonchev–Trinajstić information content (AvgIpc) is 3.11. The maximum absolute atomic E-state index is 2.41. The summed E-state index contributed by atoms with van der Waals surface area (Å²) in [5, 5.41) is 0. The highest BCUT2D eigenvalue weighted by atomic mass is 15.3. The number of hydrogen-bond acceptors (Lipinski definition) is 1. The quantitative estimate of drug-likeness (QED) is 0.665. The molecule has 0 spiro atoms. The minimum atomic E-state index is 0.591. The number of anilines is 1. The molecule has 0 aromatic heterocycles. The van der Waals surface area contributed by atoms with E-state index in [0.29, 0.717) is 6.04 Å². The second-order valence-corrected chi connectivity index (χ2v) is 3.91. The lowest BCUT2D eigenvalue weighted by molar-refractivity contribution is 1.13. The van der Waals surface area contributed by atoms with Gasteiger partial charge < -0.3 is 4.90 Å². The van der Waals surface area contributed by atoms with Gasteiger partial charge in [-0.25, -0.2) is 0 Å². The third-order valence-electron chi connectivity index (χ3n) is 2.88. The summed E-state index contributed by atoms with van der Waals surface area (Å²) in [5.74, 6) is 0. The van der Waals surface area contributed by atoms with Gasteiger partial charge in [-0.15, -0.1) is 0 Å². The fraction of sp³-hybridized carbons (Fsp3) is 0.143. The van der Waals surface area contributed by atoms with Crippen LogP contribution in [0.1, 0.15) is 11.6 Å². The molecule has 2 aromatic carbocycles. The van der Waals surface area contributed by atoms with Crippen molar-refractivity contribution >= 4 is 5.69 Å². The first-order valence-corrected chi connectivity index (χ1v) is 5.32. The minimum absolute atomic E-state index is 0.591. The zero-order valence-electron chi connectivity index (χ0n) is 8.51. The summed E-state index contributed by atoms with van der Waals surface area (Å²) in [6, 6.07) is 21.9. The summed E-state index contributed by atoms with van der Waals surface area (Å²) >= 11 is 0. The molecule has 74 valence electrons. The highest BCUT2D eigenvalue weighted by Crippen LogP contribution is 2.39. The van der Waals surface area contributed by atoms with E-state index in [4.69, 9.17) is 0 Å². The SMILES string of the molecule is c1ccc([C@@H]2CN2c2ccccc2)cc1. The van der Waals surface area contributed by atoms with E-state index >= 15 is 0 Å². The van der Waals surface area contributed by atoms with Crippen LogP contribution in [0.25, 0.3) is 0 Å².